The van der Waals surface area contributed by atoms with Crippen LogP contribution in [0.3, 0.4) is 0 Å². The summed E-state index contributed by atoms with van der Waals surface area (Å²) in [4.78, 5) is 29.2. The number of halogens is 1. The molecule has 2 heterocycles. The molecule has 1 aromatic heterocycles. The molecule has 0 unspecified atom stereocenters. The molecule has 0 atom stereocenters. The number of carbonyl (C=O) groups is 2. The molecule has 0 saturated heterocycles. The van der Waals surface area contributed by atoms with E-state index in [2.05, 4.69) is 10.1 Å². The molecule has 2 aromatic carbocycles. The summed E-state index contributed by atoms with van der Waals surface area (Å²) >= 11 is 6.18. The predicted octanol–water partition coefficient (Wildman–Crippen LogP) is 5.55. The standard InChI is InChI=1S/C26H24ClN3O3/c1-4-33-26(32)24-17(3)28-23(22(24)14-18-9-8-10-19(27)13-18)15-21-16(2)29-30(25(21)31)20-11-6-5-7-12-20/h5-13,15,28H,4,14H2,1-3H3/b21-15-. The average molecular weight is 462 g/mol. The van der Waals surface area contributed by atoms with Crippen LogP contribution < -0.4 is 5.01 Å². The molecule has 1 aliphatic heterocycles. The van der Waals surface area contributed by atoms with Gasteiger partial charge in [-0.25, -0.2) is 4.79 Å². The third-order valence-corrected chi connectivity index (χ3v) is 5.66. The van der Waals surface area contributed by atoms with Gasteiger partial charge in [-0.05, 0) is 62.2 Å². The van der Waals surface area contributed by atoms with Crippen LogP contribution in [-0.4, -0.2) is 29.2 Å². The van der Waals surface area contributed by atoms with Crippen LogP contribution in [-0.2, 0) is 16.0 Å². The number of amides is 1. The number of aromatic amines is 1. The molecular weight excluding hydrogens is 438 g/mol. The number of carbonyl (C=O) groups excluding carboxylic acids is 2. The maximum absolute atomic E-state index is 13.2. The van der Waals surface area contributed by atoms with E-state index in [1.54, 1.807) is 26.0 Å². The Morgan fingerprint density at radius 1 is 1.15 bits per heavy atom. The van der Waals surface area contributed by atoms with Crippen molar-refractivity contribution >= 4 is 41.0 Å². The molecule has 3 aromatic rings. The Labute approximate surface area is 197 Å². The monoisotopic (exact) mass is 461 g/mol. The van der Waals surface area contributed by atoms with Crippen molar-refractivity contribution in [1.82, 2.24) is 4.98 Å². The molecule has 7 heteroatoms. The first-order chi connectivity index (χ1) is 15.9. The molecule has 6 nitrogen and oxygen atoms in total. The van der Waals surface area contributed by atoms with Gasteiger partial charge in [-0.3, -0.25) is 4.79 Å². The van der Waals surface area contributed by atoms with Crippen LogP contribution >= 0.6 is 11.6 Å². The van der Waals surface area contributed by atoms with Gasteiger partial charge < -0.3 is 9.72 Å². The van der Waals surface area contributed by atoms with Gasteiger partial charge in [0.2, 0.25) is 0 Å². The Bertz CT molecular complexity index is 1280. The lowest BCUT2D eigenvalue weighted by Gasteiger charge is -2.11. The molecule has 0 fully saturated rings. The van der Waals surface area contributed by atoms with Crippen molar-refractivity contribution in [3.63, 3.8) is 0 Å². The highest BCUT2D eigenvalue weighted by Crippen LogP contribution is 2.29. The normalized spacial score (nSPS) is 14.7. The van der Waals surface area contributed by atoms with Gasteiger partial charge in [-0.15, -0.1) is 0 Å². The van der Waals surface area contributed by atoms with Crippen molar-refractivity contribution in [2.45, 2.75) is 27.2 Å². The highest BCUT2D eigenvalue weighted by molar-refractivity contribution is 6.32. The second-order valence-corrected chi connectivity index (χ2v) is 8.18. The number of ether oxygens (including phenoxy) is 1. The van der Waals surface area contributed by atoms with Crippen molar-refractivity contribution in [2.75, 3.05) is 11.6 Å². The quantitative estimate of drug-likeness (QED) is 0.386. The van der Waals surface area contributed by atoms with Gasteiger partial charge in [0, 0.05) is 22.8 Å². The SMILES string of the molecule is CCOC(=O)c1c(C)[nH]c(/C=C2\C(=O)N(c3ccccc3)N=C2C)c1Cc1cccc(Cl)c1. The molecule has 0 aliphatic carbocycles. The third-order valence-electron chi connectivity index (χ3n) is 5.43. The van der Waals surface area contributed by atoms with Crippen LogP contribution in [0.15, 0.2) is 65.3 Å². The summed E-state index contributed by atoms with van der Waals surface area (Å²) in [6.07, 6.45) is 2.21. The number of nitrogens with one attached hydrogen (secondary N) is 1. The molecule has 0 radical (unpaired) electrons. The average Bonchev–Trinajstić information content (AvgIpc) is 3.25. The van der Waals surface area contributed by atoms with E-state index in [4.69, 9.17) is 16.3 Å². The fourth-order valence-electron chi connectivity index (χ4n) is 3.91. The lowest BCUT2D eigenvalue weighted by atomic mass is 9.98. The Kier molecular flexibility index (Phi) is 6.47. The highest BCUT2D eigenvalue weighted by Gasteiger charge is 2.30. The van der Waals surface area contributed by atoms with E-state index in [9.17, 15) is 9.59 Å². The molecule has 0 bridgehead atoms. The second kappa shape index (κ2) is 9.46. The first-order valence-electron chi connectivity index (χ1n) is 10.7. The van der Waals surface area contributed by atoms with Gasteiger partial charge >= 0.3 is 5.97 Å². The molecule has 0 spiro atoms. The summed E-state index contributed by atoms with van der Waals surface area (Å²) < 4.78 is 5.31. The van der Waals surface area contributed by atoms with Crippen LogP contribution in [0.25, 0.3) is 6.08 Å². The van der Waals surface area contributed by atoms with Crippen molar-refractivity contribution < 1.29 is 14.3 Å². The smallest absolute Gasteiger partial charge is 0.340 e. The van der Waals surface area contributed by atoms with Crippen LogP contribution in [0, 0.1) is 6.92 Å². The van der Waals surface area contributed by atoms with Crippen LogP contribution in [0.2, 0.25) is 5.02 Å². The molecule has 33 heavy (non-hydrogen) atoms. The zero-order valence-electron chi connectivity index (χ0n) is 18.7. The van der Waals surface area contributed by atoms with Crippen molar-refractivity contribution in [3.05, 3.63) is 93.3 Å². The number of nitrogens with zero attached hydrogens (tertiary/aromatic N) is 2. The largest absolute Gasteiger partial charge is 0.462 e. The fraction of sp³-hybridized carbons (Fsp3) is 0.192. The highest BCUT2D eigenvalue weighted by atomic mass is 35.5. The van der Waals surface area contributed by atoms with Crippen LogP contribution in [0.4, 0.5) is 5.69 Å². The van der Waals surface area contributed by atoms with Crippen LogP contribution in [0.5, 0.6) is 0 Å². The summed E-state index contributed by atoms with van der Waals surface area (Å²) in [6, 6.07) is 16.8. The van der Waals surface area contributed by atoms with E-state index in [0.29, 0.717) is 45.4 Å². The Morgan fingerprint density at radius 2 is 1.91 bits per heavy atom. The summed E-state index contributed by atoms with van der Waals surface area (Å²) in [5.41, 5.74) is 5.27. The molecule has 1 aliphatic rings. The Morgan fingerprint density at radius 3 is 2.61 bits per heavy atom. The van der Waals surface area contributed by atoms with E-state index in [1.165, 1.54) is 5.01 Å². The minimum Gasteiger partial charge on any atom is -0.462 e. The minimum atomic E-state index is -0.401. The molecule has 0 saturated carbocycles. The van der Waals surface area contributed by atoms with Crippen LogP contribution in [0.1, 0.15) is 46.7 Å². The zero-order valence-corrected chi connectivity index (χ0v) is 19.4. The van der Waals surface area contributed by atoms with E-state index in [-0.39, 0.29) is 12.5 Å². The van der Waals surface area contributed by atoms with Gasteiger partial charge in [-0.1, -0.05) is 41.9 Å². The van der Waals surface area contributed by atoms with E-state index in [0.717, 1.165) is 11.1 Å². The predicted molar refractivity (Wildman–Crippen MR) is 131 cm³/mol. The molecule has 4 rings (SSSR count). The maximum atomic E-state index is 13.2. The zero-order chi connectivity index (χ0) is 23.5. The Balaban J connectivity index is 1.78. The number of benzene rings is 2. The molecule has 1 N–H and O–H groups in total. The summed E-state index contributed by atoms with van der Waals surface area (Å²) in [7, 11) is 0. The number of hydrogen-bond donors (Lipinski definition) is 1. The minimum absolute atomic E-state index is 0.225. The van der Waals surface area contributed by atoms with Gasteiger partial charge in [0.25, 0.3) is 5.91 Å². The number of aromatic nitrogens is 1. The Hall–Kier alpha value is -3.64. The fourth-order valence-corrected chi connectivity index (χ4v) is 4.12. The van der Waals surface area contributed by atoms with Crippen molar-refractivity contribution in [3.8, 4) is 0 Å². The number of anilines is 1. The number of hydrazone groups is 1. The maximum Gasteiger partial charge on any atom is 0.340 e. The topological polar surface area (TPSA) is 74.8 Å². The molecule has 168 valence electrons. The number of esters is 1. The summed E-state index contributed by atoms with van der Waals surface area (Å²) in [6.45, 7) is 5.66. The summed E-state index contributed by atoms with van der Waals surface area (Å²) in [5, 5.41) is 6.45. The third kappa shape index (κ3) is 4.61. The second-order valence-electron chi connectivity index (χ2n) is 7.74. The lowest BCUT2D eigenvalue weighted by molar-refractivity contribution is -0.114. The number of para-hydroxylation sites is 1. The first kappa shape index (κ1) is 22.6. The van der Waals surface area contributed by atoms with E-state index in [1.807, 2.05) is 55.5 Å². The van der Waals surface area contributed by atoms with Gasteiger partial charge in [0.15, 0.2) is 0 Å². The number of H-pyrrole nitrogens is 1. The van der Waals surface area contributed by atoms with Gasteiger partial charge in [0.1, 0.15) is 0 Å². The molecular formula is C26H24ClN3O3. The number of hydrogen-bond acceptors (Lipinski definition) is 4. The van der Waals surface area contributed by atoms with Crippen molar-refractivity contribution in [1.29, 1.82) is 0 Å². The lowest BCUT2D eigenvalue weighted by Crippen LogP contribution is -2.21. The van der Waals surface area contributed by atoms with Gasteiger partial charge in [0.05, 0.1) is 29.1 Å². The summed E-state index contributed by atoms with van der Waals surface area (Å²) in [5.74, 6) is -0.626. The molecule has 1 amide bonds. The first-order valence-corrected chi connectivity index (χ1v) is 11.1. The number of rotatable bonds is 6. The van der Waals surface area contributed by atoms with E-state index < -0.39 is 5.97 Å². The number of aryl methyl sites for hydroxylation is 1. The van der Waals surface area contributed by atoms with Crippen molar-refractivity contribution in [2.24, 2.45) is 5.10 Å². The van der Waals surface area contributed by atoms with E-state index >= 15 is 0 Å². The van der Waals surface area contributed by atoms with Gasteiger partial charge in [-0.2, -0.15) is 10.1 Å².